The zero-order chi connectivity index (χ0) is 14.4. The molecule has 0 amide bonds. The van der Waals surface area contributed by atoms with E-state index in [0.29, 0.717) is 24.5 Å². The van der Waals surface area contributed by atoms with Crippen molar-refractivity contribution in [1.29, 1.82) is 5.26 Å². The molecule has 0 aliphatic carbocycles. The molecular formula is C16H17N3O. The molecule has 4 nitrogen and oxygen atoms in total. The first-order valence-corrected chi connectivity index (χ1v) is 6.50. The molecule has 2 aromatic rings. The van der Waals surface area contributed by atoms with Crippen molar-refractivity contribution < 1.29 is 4.74 Å². The summed E-state index contributed by atoms with van der Waals surface area (Å²) in [5.74, 6) is 1.52. The minimum Gasteiger partial charge on any atom is -0.491 e. The number of ether oxygens (including phenoxy) is 1. The highest BCUT2D eigenvalue weighted by Gasteiger charge is 2.04. The van der Waals surface area contributed by atoms with Gasteiger partial charge >= 0.3 is 0 Å². The number of hydrogen-bond donors (Lipinski definition) is 1. The Bertz CT molecular complexity index is 612. The lowest BCUT2D eigenvalue weighted by Gasteiger charge is -2.12. The highest BCUT2D eigenvalue weighted by molar-refractivity contribution is 5.51. The maximum absolute atomic E-state index is 8.96. The van der Waals surface area contributed by atoms with Gasteiger partial charge in [-0.25, -0.2) is 4.98 Å². The molecule has 0 aliphatic heterocycles. The molecule has 4 heteroatoms. The van der Waals surface area contributed by atoms with Gasteiger partial charge in [0.2, 0.25) is 0 Å². The molecule has 0 bridgehead atoms. The van der Waals surface area contributed by atoms with Gasteiger partial charge < -0.3 is 10.1 Å². The summed E-state index contributed by atoms with van der Waals surface area (Å²) in [5, 5.41) is 12.1. The van der Waals surface area contributed by atoms with Gasteiger partial charge in [-0.05, 0) is 37.1 Å². The topological polar surface area (TPSA) is 57.9 Å². The van der Waals surface area contributed by atoms with E-state index in [0.717, 1.165) is 16.9 Å². The summed E-state index contributed by atoms with van der Waals surface area (Å²) in [6, 6.07) is 11.7. The van der Waals surface area contributed by atoms with Gasteiger partial charge in [0.1, 0.15) is 24.2 Å². The summed E-state index contributed by atoms with van der Waals surface area (Å²) < 4.78 is 5.79. The van der Waals surface area contributed by atoms with Gasteiger partial charge in [0.05, 0.1) is 12.1 Å². The third-order valence-electron chi connectivity index (χ3n) is 2.98. The van der Waals surface area contributed by atoms with Crippen LogP contribution in [0.2, 0.25) is 0 Å². The second-order valence-corrected chi connectivity index (χ2v) is 4.51. The lowest BCUT2D eigenvalue weighted by Crippen LogP contribution is -2.14. The smallest absolute Gasteiger partial charge is 0.144 e. The van der Waals surface area contributed by atoms with E-state index in [-0.39, 0.29) is 0 Å². The van der Waals surface area contributed by atoms with Gasteiger partial charge in [-0.2, -0.15) is 5.26 Å². The molecule has 0 saturated heterocycles. The number of nitriles is 1. The Morgan fingerprint density at radius 1 is 1.20 bits per heavy atom. The second-order valence-electron chi connectivity index (χ2n) is 4.51. The van der Waals surface area contributed by atoms with Crippen LogP contribution in [-0.4, -0.2) is 18.1 Å². The zero-order valence-corrected chi connectivity index (χ0v) is 11.7. The molecular weight excluding hydrogens is 250 g/mol. The molecule has 1 aromatic heterocycles. The number of hydrogen-bond acceptors (Lipinski definition) is 4. The molecule has 0 radical (unpaired) electrons. The van der Waals surface area contributed by atoms with Crippen LogP contribution >= 0.6 is 0 Å². The third kappa shape index (κ3) is 3.27. The van der Waals surface area contributed by atoms with Crippen LogP contribution in [-0.2, 0) is 0 Å². The third-order valence-corrected chi connectivity index (χ3v) is 2.98. The quantitative estimate of drug-likeness (QED) is 0.846. The summed E-state index contributed by atoms with van der Waals surface area (Å²) in [4.78, 5) is 4.14. The van der Waals surface area contributed by atoms with E-state index >= 15 is 0 Å². The fraction of sp³-hybridized carbons (Fsp3) is 0.250. The van der Waals surface area contributed by atoms with Crippen LogP contribution in [0.1, 0.15) is 16.7 Å². The number of nitrogens with zero attached hydrogens (tertiary/aromatic N) is 2. The van der Waals surface area contributed by atoms with Crippen molar-refractivity contribution in [3.63, 3.8) is 0 Å². The largest absolute Gasteiger partial charge is 0.491 e. The summed E-state index contributed by atoms with van der Waals surface area (Å²) in [6.07, 6.45) is 1.66. The van der Waals surface area contributed by atoms with Crippen molar-refractivity contribution in [2.24, 2.45) is 0 Å². The summed E-state index contributed by atoms with van der Waals surface area (Å²) in [5.41, 5.74) is 2.79. The fourth-order valence-electron chi connectivity index (χ4n) is 1.99. The Morgan fingerprint density at radius 3 is 2.65 bits per heavy atom. The van der Waals surface area contributed by atoms with E-state index < -0.39 is 0 Å². The maximum Gasteiger partial charge on any atom is 0.144 e. The number of benzene rings is 1. The number of anilines is 1. The lowest BCUT2D eigenvalue weighted by atomic mass is 10.1. The van der Waals surface area contributed by atoms with Crippen LogP contribution in [0.25, 0.3) is 0 Å². The number of aryl methyl sites for hydroxylation is 2. The van der Waals surface area contributed by atoms with Crippen molar-refractivity contribution in [1.82, 2.24) is 4.98 Å². The van der Waals surface area contributed by atoms with E-state index in [4.69, 9.17) is 10.00 Å². The summed E-state index contributed by atoms with van der Waals surface area (Å²) >= 11 is 0. The molecule has 0 aliphatic rings. The molecule has 0 spiro atoms. The van der Waals surface area contributed by atoms with Gasteiger partial charge in [-0.15, -0.1) is 0 Å². The van der Waals surface area contributed by atoms with Gasteiger partial charge in [-0.3, -0.25) is 0 Å². The molecule has 0 saturated carbocycles. The molecule has 0 atom stereocenters. The van der Waals surface area contributed by atoms with Crippen molar-refractivity contribution in [3.05, 3.63) is 53.2 Å². The molecule has 0 unspecified atom stereocenters. The van der Waals surface area contributed by atoms with Gasteiger partial charge in [0.25, 0.3) is 0 Å². The van der Waals surface area contributed by atoms with Crippen molar-refractivity contribution in [3.8, 4) is 11.8 Å². The van der Waals surface area contributed by atoms with Crippen molar-refractivity contribution >= 4 is 5.82 Å². The fourth-order valence-corrected chi connectivity index (χ4v) is 1.99. The van der Waals surface area contributed by atoms with Crippen LogP contribution in [0.5, 0.6) is 5.75 Å². The molecule has 1 heterocycles. The molecule has 2 rings (SSSR count). The monoisotopic (exact) mass is 267 g/mol. The van der Waals surface area contributed by atoms with Crippen LogP contribution in [0.4, 0.5) is 5.82 Å². The van der Waals surface area contributed by atoms with E-state index in [9.17, 15) is 0 Å². The van der Waals surface area contributed by atoms with Crippen molar-refractivity contribution in [2.75, 3.05) is 18.5 Å². The number of nitrogens with one attached hydrogen (secondary N) is 1. The van der Waals surface area contributed by atoms with Crippen LogP contribution < -0.4 is 10.1 Å². The highest BCUT2D eigenvalue weighted by atomic mass is 16.5. The Morgan fingerprint density at radius 2 is 1.95 bits per heavy atom. The number of aromatic nitrogens is 1. The summed E-state index contributed by atoms with van der Waals surface area (Å²) in [7, 11) is 0. The minimum absolute atomic E-state index is 0.521. The highest BCUT2D eigenvalue weighted by Crippen LogP contribution is 2.22. The Balaban J connectivity index is 1.90. The minimum atomic E-state index is 0.521. The van der Waals surface area contributed by atoms with E-state index in [2.05, 4.69) is 16.4 Å². The Hall–Kier alpha value is -2.54. The first-order valence-electron chi connectivity index (χ1n) is 6.50. The van der Waals surface area contributed by atoms with E-state index in [1.807, 2.05) is 32.0 Å². The Kier molecular flexibility index (Phi) is 4.56. The first kappa shape index (κ1) is 13.9. The standard InChI is InChI=1S/C16H17N3O/c1-12-5-3-6-13(2)15(12)20-10-9-19-16-14(11-17)7-4-8-18-16/h3-8H,9-10H2,1-2H3,(H,18,19). The second kappa shape index (κ2) is 6.58. The average Bonchev–Trinajstić information content (AvgIpc) is 2.46. The molecule has 102 valence electrons. The molecule has 1 aromatic carbocycles. The predicted molar refractivity (Wildman–Crippen MR) is 78.9 cm³/mol. The maximum atomic E-state index is 8.96. The average molecular weight is 267 g/mol. The molecule has 20 heavy (non-hydrogen) atoms. The van der Waals surface area contributed by atoms with Crippen LogP contribution in [0.15, 0.2) is 36.5 Å². The number of para-hydroxylation sites is 1. The normalized spacial score (nSPS) is 9.85. The number of pyridine rings is 1. The van der Waals surface area contributed by atoms with Gasteiger partial charge in [0.15, 0.2) is 0 Å². The predicted octanol–water partition coefficient (Wildman–Crippen LogP) is 3.06. The van der Waals surface area contributed by atoms with Crippen molar-refractivity contribution in [2.45, 2.75) is 13.8 Å². The molecule has 1 N–H and O–H groups in total. The molecule has 0 fully saturated rings. The van der Waals surface area contributed by atoms with Gasteiger partial charge in [-0.1, -0.05) is 18.2 Å². The van der Waals surface area contributed by atoms with E-state index in [1.165, 1.54) is 0 Å². The van der Waals surface area contributed by atoms with Crippen LogP contribution in [0, 0.1) is 25.2 Å². The van der Waals surface area contributed by atoms with Crippen LogP contribution in [0.3, 0.4) is 0 Å². The Labute approximate surface area is 119 Å². The zero-order valence-electron chi connectivity index (χ0n) is 11.7. The van der Waals surface area contributed by atoms with E-state index in [1.54, 1.807) is 18.3 Å². The van der Waals surface area contributed by atoms with Gasteiger partial charge in [0, 0.05) is 6.20 Å². The first-order chi connectivity index (χ1) is 9.72. The summed E-state index contributed by atoms with van der Waals surface area (Å²) in [6.45, 7) is 5.18. The number of rotatable bonds is 5. The lowest BCUT2D eigenvalue weighted by molar-refractivity contribution is 0.328. The SMILES string of the molecule is Cc1cccc(C)c1OCCNc1ncccc1C#N.